The van der Waals surface area contributed by atoms with E-state index in [1.165, 1.54) is 0 Å². The lowest BCUT2D eigenvalue weighted by Crippen LogP contribution is -2.01. The Bertz CT molecular complexity index is 238. The van der Waals surface area contributed by atoms with Gasteiger partial charge in [-0.15, -0.1) is 10.2 Å². The second-order valence-corrected chi connectivity index (χ2v) is 5.50. The zero-order valence-corrected chi connectivity index (χ0v) is 9.30. The van der Waals surface area contributed by atoms with E-state index in [4.69, 9.17) is 5.11 Å². The smallest absolute Gasteiger partial charge is 0.175 e. The van der Waals surface area contributed by atoms with Gasteiger partial charge in [0.1, 0.15) is 0 Å². The minimum Gasteiger partial charge on any atom is -0.393 e. The summed E-state index contributed by atoms with van der Waals surface area (Å²) in [5.41, 5.74) is 0. The largest absolute Gasteiger partial charge is 0.393 e. The Labute approximate surface area is 84.0 Å². The lowest BCUT2D eigenvalue weighted by molar-refractivity contribution is 0.220. The first-order chi connectivity index (χ1) is 5.72. The number of rotatable bonds is 4. The third kappa shape index (κ3) is 3.30. The number of aromatic nitrogens is 2. The van der Waals surface area contributed by atoms with Crippen LogP contribution in [0.1, 0.15) is 6.92 Å². The van der Waals surface area contributed by atoms with E-state index in [1.54, 1.807) is 41.8 Å². The number of hydrogen-bond acceptors (Lipinski definition) is 6. The van der Waals surface area contributed by atoms with E-state index in [0.29, 0.717) is 5.75 Å². The number of aliphatic hydroxyl groups is 1. The fraction of sp³-hybridized carbons (Fsp3) is 0.667. The van der Waals surface area contributed by atoms with Gasteiger partial charge < -0.3 is 5.11 Å². The summed E-state index contributed by atoms with van der Waals surface area (Å²) in [5.74, 6) is 0.684. The third-order valence-corrected chi connectivity index (χ3v) is 4.29. The van der Waals surface area contributed by atoms with Crippen molar-refractivity contribution >= 4 is 34.9 Å². The molecule has 6 heteroatoms. The molecule has 0 aliphatic rings. The number of aliphatic hydroxyl groups excluding tert-OH is 1. The highest BCUT2D eigenvalue weighted by molar-refractivity contribution is 8.02. The minimum absolute atomic E-state index is 0.281. The Balaban J connectivity index is 2.41. The van der Waals surface area contributed by atoms with Crippen molar-refractivity contribution in [3.63, 3.8) is 0 Å². The van der Waals surface area contributed by atoms with Crippen LogP contribution in [0.3, 0.4) is 0 Å². The van der Waals surface area contributed by atoms with Crippen molar-refractivity contribution < 1.29 is 5.11 Å². The Hall–Kier alpha value is 0.220. The molecule has 1 unspecified atom stereocenters. The van der Waals surface area contributed by atoms with Gasteiger partial charge in [0.05, 0.1) is 6.10 Å². The van der Waals surface area contributed by atoms with Gasteiger partial charge in [-0.1, -0.05) is 34.9 Å². The van der Waals surface area contributed by atoms with Crippen molar-refractivity contribution in [1.29, 1.82) is 0 Å². The zero-order chi connectivity index (χ0) is 8.97. The Morgan fingerprint density at radius 3 is 2.67 bits per heavy atom. The lowest BCUT2D eigenvalue weighted by atomic mass is 10.5. The van der Waals surface area contributed by atoms with E-state index >= 15 is 0 Å². The summed E-state index contributed by atoms with van der Waals surface area (Å²) in [6.45, 7) is 1.77. The van der Waals surface area contributed by atoms with Crippen LogP contribution in [0.25, 0.3) is 0 Å². The summed E-state index contributed by atoms with van der Waals surface area (Å²) < 4.78 is 1.91. The summed E-state index contributed by atoms with van der Waals surface area (Å²) in [6.07, 6.45) is 1.69. The summed E-state index contributed by atoms with van der Waals surface area (Å²) in [4.78, 5) is 0. The van der Waals surface area contributed by atoms with Crippen molar-refractivity contribution in [2.45, 2.75) is 21.7 Å². The number of thioether (sulfide) groups is 2. The van der Waals surface area contributed by atoms with Gasteiger partial charge in [0, 0.05) is 5.75 Å². The average molecular weight is 222 g/mol. The highest BCUT2D eigenvalue weighted by atomic mass is 32.2. The summed E-state index contributed by atoms with van der Waals surface area (Å²) in [6, 6.07) is 0. The van der Waals surface area contributed by atoms with E-state index in [1.807, 2.05) is 6.26 Å². The topological polar surface area (TPSA) is 46.0 Å². The number of hydrogen-bond donors (Lipinski definition) is 1. The Morgan fingerprint density at radius 2 is 2.17 bits per heavy atom. The van der Waals surface area contributed by atoms with Crippen molar-refractivity contribution in [2.75, 3.05) is 12.0 Å². The first-order valence-corrected chi connectivity index (χ1v) is 6.43. The first kappa shape index (κ1) is 10.3. The Kier molecular flexibility index (Phi) is 4.34. The Morgan fingerprint density at radius 1 is 1.50 bits per heavy atom. The van der Waals surface area contributed by atoms with Gasteiger partial charge in [-0.3, -0.25) is 0 Å². The fourth-order valence-corrected chi connectivity index (χ4v) is 2.85. The molecule has 0 radical (unpaired) electrons. The predicted molar refractivity (Wildman–Crippen MR) is 54.1 cm³/mol. The normalized spacial score (nSPS) is 13.2. The van der Waals surface area contributed by atoms with Crippen LogP contribution < -0.4 is 0 Å². The molecule has 0 spiro atoms. The SMILES string of the molecule is CSc1nnc(SCC(C)O)s1. The standard InChI is InChI=1S/C6H10N2OS3/c1-4(9)3-11-6-8-7-5(10-2)12-6/h4,9H,3H2,1-2H3. The average Bonchev–Trinajstić information content (AvgIpc) is 2.48. The molecule has 0 aliphatic carbocycles. The van der Waals surface area contributed by atoms with Gasteiger partial charge in [-0.2, -0.15) is 0 Å². The van der Waals surface area contributed by atoms with E-state index < -0.39 is 0 Å². The van der Waals surface area contributed by atoms with Crippen molar-refractivity contribution in [2.24, 2.45) is 0 Å². The molecule has 0 aromatic carbocycles. The number of nitrogens with zero attached hydrogens (tertiary/aromatic N) is 2. The zero-order valence-electron chi connectivity index (χ0n) is 6.85. The van der Waals surface area contributed by atoms with Crippen molar-refractivity contribution in [3.8, 4) is 0 Å². The molecule has 12 heavy (non-hydrogen) atoms. The minimum atomic E-state index is -0.281. The molecule has 1 N–H and O–H groups in total. The molecular formula is C6H10N2OS3. The second-order valence-electron chi connectivity index (χ2n) is 2.20. The van der Waals surface area contributed by atoms with Crippen LogP contribution in [0.4, 0.5) is 0 Å². The van der Waals surface area contributed by atoms with Crippen LogP contribution in [0.15, 0.2) is 8.68 Å². The van der Waals surface area contributed by atoms with Crippen LogP contribution in [0, 0.1) is 0 Å². The van der Waals surface area contributed by atoms with E-state index in [-0.39, 0.29) is 6.10 Å². The molecule has 0 saturated heterocycles. The maximum Gasteiger partial charge on any atom is 0.175 e. The predicted octanol–water partition coefficient (Wildman–Crippen LogP) is 1.73. The van der Waals surface area contributed by atoms with Gasteiger partial charge in [0.15, 0.2) is 8.68 Å². The van der Waals surface area contributed by atoms with E-state index in [2.05, 4.69) is 10.2 Å². The molecule has 1 aromatic rings. The fourth-order valence-electron chi connectivity index (χ4n) is 0.530. The molecular weight excluding hydrogens is 212 g/mol. The molecule has 0 bridgehead atoms. The molecule has 3 nitrogen and oxygen atoms in total. The maximum atomic E-state index is 9.01. The van der Waals surface area contributed by atoms with Gasteiger partial charge in [0.25, 0.3) is 0 Å². The quantitative estimate of drug-likeness (QED) is 0.786. The highest BCUT2D eigenvalue weighted by Crippen LogP contribution is 2.27. The van der Waals surface area contributed by atoms with Crippen LogP contribution >= 0.6 is 34.9 Å². The van der Waals surface area contributed by atoms with E-state index in [9.17, 15) is 0 Å². The molecule has 1 rings (SSSR count). The van der Waals surface area contributed by atoms with Crippen LogP contribution in [-0.4, -0.2) is 33.4 Å². The highest BCUT2D eigenvalue weighted by Gasteiger charge is 2.04. The van der Waals surface area contributed by atoms with Gasteiger partial charge in [-0.05, 0) is 13.2 Å². The van der Waals surface area contributed by atoms with Gasteiger partial charge >= 0.3 is 0 Å². The lowest BCUT2D eigenvalue weighted by Gasteiger charge is -1.98. The molecule has 0 saturated carbocycles. The molecule has 1 aromatic heterocycles. The molecule has 1 atom stereocenters. The molecule has 0 aliphatic heterocycles. The van der Waals surface area contributed by atoms with Crippen molar-refractivity contribution in [3.05, 3.63) is 0 Å². The summed E-state index contributed by atoms with van der Waals surface area (Å²) in [5, 5.41) is 16.9. The molecule has 0 fully saturated rings. The molecule has 68 valence electrons. The van der Waals surface area contributed by atoms with Crippen LogP contribution in [0.2, 0.25) is 0 Å². The summed E-state index contributed by atoms with van der Waals surface area (Å²) >= 11 is 4.71. The van der Waals surface area contributed by atoms with Crippen LogP contribution in [0.5, 0.6) is 0 Å². The first-order valence-electron chi connectivity index (χ1n) is 3.40. The van der Waals surface area contributed by atoms with Gasteiger partial charge in [-0.25, -0.2) is 0 Å². The van der Waals surface area contributed by atoms with Gasteiger partial charge in [0.2, 0.25) is 0 Å². The monoisotopic (exact) mass is 222 g/mol. The third-order valence-electron chi connectivity index (χ3n) is 1.01. The summed E-state index contributed by atoms with van der Waals surface area (Å²) in [7, 11) is 0. The maximum absolute atomic E-state index is 9.01. The molecule has 1 heterocycles. The molecule has 0 amide bonds. The second kappa shape index (κ2) is 5.06. The van der Waals surface area contributed by atoms with E-state index in [0.717, 1.165) is 8.68 Å². The van der Waals surface area contributed by atoms with Crippen LogP contribution in [-0.2, 0) is 0 Å². The van der Waals surface area contributed by atoms with Crippen molar-refractivity contribution in [1.82, 2.24) is 10.2 Å².